The normalized spacial score (nSPS) is 13.2. The van der Waals surface area contributed by atoms with Gasteiger partial charge in [0.2, 0.25) is 0 Å². The van der Waals surface area contributed by atoms with E-state index in [4.69, 9.17) is 4.74 Å². The Morgan fingerprint density at radius 3 is 2.88 bits per heavy atom. The number of methoxy groups -OCH3 is 1. The van der Waals surface area contributed by atoms with Gasteiger partial charge in [0.1, 0.15) is 0 Å². The Morgan fingerprint density at radius 2 is 2.19 bits per heavy atom. The summed E-state index contributed by atoms with van der Waals surface area (Å²) in [5.41, 5.74) is 2.61. The second-order valence-corrected chi connectivity index (χ2v) is 4.29. The van der Waals surface area contributed by atoms with Crippen LogP contribution in [0.15, 0.2) is 30.3 Å². The second-order valence-electron chi connectivity index (χ2n) is 4.29. The summed E-state index contributed by atoms with van der Waals surface area (Å²) in [7, 11) is 1.77. The van der Waals surface area contributed by atoms with Crippen molar-refractivity contribution in [2.75, 3.05) is 7.11 Å². The van der Waals surface area contributed by atoms with Crippen LogP contribution in [0.3, 0.4) is 0 Å². The SMILES string of the molecule is COC(C)CCC/C=C/c1cccc(C)c1. The summed E-state index contributed by atoms with van der Waals surface area (Å²) in [6, 6.07) is 8.56. The van der Waals surface area contributed by atoms with Crippen molar-refractivity contribution in [1.29, 1.82) is 0 Å². The second kappa shape index (κ2) is 7.24. The fourth-order valence-electron chi connectivity index (χ4n) is 1.63. The van der Waals surface area contributed by atoms with E-state index in [9.17, 15) is 0 Å². The zero-order valence-corrected chi connectivity index (χ0v) is 10.6. The molecule has 1 aromatic carbocycles. The minimum atomic E-state index is 0.382. The van der Waals surface area contributed by atoms with Crippen molar-refractivity contribution >= 4 is 6.08 Å². The molecular weight excluding hydrogens is 196 g/mol. The Morgan fingerprint density at radius 1 is 1.38 bits per heavy atom. The van der Waals surface area contributed by atoms with Gasteiger partial charge in [-0.3, -0.25) is 0 Å². The summed E-state index contributed by atoms with van der Waals surface area (Å²) >= 11 is 0. The first-order valence-corrected chi connectivity index (χ1v) is 5.98. The summed E-state index contributed by atoms with van der Waals surface area (Å²) in [6.07, 6.45) is 8.28. The van der Waals surface area contributed by atoms with E-state index in [0.29, 0.717) is 6.10 Å². The molecule has 88 valence electrons. The van der Waals surface area contributed by atoms with Gasteiger partial charge in [0.25, 0.3) is 0 Å². The fraction of sp³-hybridized carbons (Fsp3) is 0.467. The lowest BCUT2D eigenvalue weighted by molar-refractivity contribution is 0.109. The highest BCUT2D eigenvalue weighted by atomic mass is 16.5. The molecule has 16 heavy (non-hydrogen) atoms. The third kappa shape index (κ3) is 5.13. The van der Waals surface area contributed by atoms with Crippen LogP contribution in [0.2, 0.25) is 0 Å². The van der Waals surface area contributed by atoms with Crippen LogP contribution < -0.4 is 0 Å². The molecule has 0 aliphatic heterocycles. The standard InChI is InChI=1S/C15H22O/c1-13-8-7-11-15(12-13)10-6-4-5-9-14(2)16-3/h6-8,10-12,14H,4-5,9H2,1-3H3/b10-6+. The lowest BCUT2D eigenvalue weighted by Crippen LogP contribution is -2.03. The van der Waals surface area contributed by atoms with Crippen molar-refractivity contribution < 1.29 is 4.74 Å². The molecule has 1 aromatic rings. The van der Waals surface area contributed by atoms with Crippen LogP contribution >= 0.6 is 0 Å². The molecule has 0 amide bonds. The maximum atomic E-state index is 5.21. The first kappa shape index (κ1) is 13.0. The van der Waals surface area contributed by atoms with Crippen LogP contribution in [0, 0.1) is 6.92 Å². The minimum Gasteiger partial charge on any atom is -0.382 e. The number of hydrogen-bond acceptors (Lipinski definition) is 1. The van der Waals surface area contributed by atoms with Crippen molar-refractivity contribution in [3.63, 3.8) is 0 Å². The van der Waals surface area contributed by atoms with Gasteiger partial charge in [-0.1, -0.05) is 42.0 Å². The van der Waals surface area contributed by atoms with E-state index in [2.05, 4.69) is 50.3 Å². The van der Waals surface area contributed by atoms with Crippen molar-refractivity contribution in [2.45, 2.75) is 39.2 Å². The Kier molecular flexibility index (Phi) is 5.87. The number of benzene rings is 1. The lowest BCUT2D eigenvalue weighted by atomic mass is 10.1. The molecular formula is C15H22O. The Balaban J connectivity index is 2.27. The molecule has 1 atom stereocenters. The van der Waals surface area contributed by atoms with Crippen LogP contribution in [0.1, 0.15) is 37.3 Å². The fourth-order valence-corrected chi connectivity index (χ4v) is 1.63. The van der Waals surface area contributed by atoms with Crippen molar-refractivity contribution in [3.05, 3.63) is 41.5 Å². The van der Waals surface area contributed by atoms with Crippen LogP contribution in [-0.4, -0.2) is 13.2 Å². The highest BCUT2D eigenvalue weighted by Gasteiger charge is 1.96. The van der Waals surface area contributed by atoms with Gasteiger partial charge in [-0.05, 0) is 38.7 Å². The van der Waals surface area contributed by atoms with Crippen molar-refractivity contribution in [1.82, 2.24) is 0 Å². The summed E-state index contributed by atoms with van der Waals surface area (Å²) in [6.45, 7) is 4.24. The first-order chi connectivity index (χ1) is 7.72. The Hall–Kier alpha value is -1.08. The number of hydrogen-bond donors (Lipinski definition) is 0. The molecule has 0 aliphatic rings. The summed E-state index contributed by atoms with van der Waals surface area (Å²) in [4.78, 5) is 0. The van der Waals surface area contributed by atoms with Crippen LogP contribution in [-0.2, 0) is 4.74 Å². The van der Waals surface area contributed by atoms with Gasteiger partial charge in [-0.2, -0.15) is 0 Å². The number of unbranched alkanes of at least 4 members (excludes halogenated alkanes) is 1. The van der Waals surface area contributed by atoms with Gasteiger partial charge >= 0.3 is 0 Å². The lowest BCUT2D eigenvalue weighted by Gasteiger charge is -2.06. The zero-order chi connectivity index (χ0) is 11.8. The topological polar surface area (TPSA) is 9.23 Å². The summed E-state index contributed by atoms with van der Waals surface area (Å²) < 4.78 is 5.21. The molecule has 1 nitrogen and oxygen atoms in total. The predicted octanol–water partition coefficient (Wildman–Crippen LogP) is 4.21. The van der Waals surface area contributed by atoms with E-state index in [1.165, 1.54) is 17.5 Å². The van der Waals surface area contributed by atoms with Gasteiger partial charge in [0, 0.05) is 7.11 Å². The molecule has 0 saturated carbocycles. The van der Waals surface area contributed by atoms with Gasteiger partial charge in [0.05, 0.1) is 6.10 Å². The number of aryl methyl sites for hydroxylation is 1. The van der Waals surface area contributed by atoms with Crippen LogP contribution in [0.4, 0.5) is 0 Å². The largest absolute Gasteiger partial charge is 0.382 e. The van der Waals surface area contributed by atoms with Crippen molar-refractivity contribution in [2.24, 2.45) is 0 Å². The summed E-state index contributed by atoms with van der Waals surface area (Å²) in [5, 5.41) is 0. The highest BCUT2D eigenvalue weighted by Crippen LogP contribution is 2.08. The van der Waals surface area contributed by atoms with Gasteiger partial charge in [-0.15, -0.1) is 0 Å². The smallest absolute Gasteiger partial charge is 0.0543 e. The van der Waals surface area contributed by atoms with Crippen LogP contribution in [0.5, 0.6) is 0 Å². The molecule has 0 aromatic heterocycles. The van der Waals surface area contributed by atoms with E-state index in [-0.39, 0.29) is 0 Å². The van der Waals surface area contributed by atoms with Gasteiger partial charge in [-0.25, -0.2) is 0 Å². The molecule has 1 unspecified atom stereocenters. The maximum absolute atomic E-state index is 5.21. The molecule has 0 bridgehead atoms. The zero-order valence-electron chi connectivity index (χ0n) is 10.6. The average Bonchev–Trinajstić information content (AvgIpc) is 2.28. The maximum Gasteiger partial charge on any atom is 0.0543 e. The quantitative estimate of drug-likeness (QED) is 0.650. The number of ether oxygens (including phenoxy) is 1. The van der Waals surface area contributed by atoms with Gasteiger partial charge in [0.15, 0.2) is 0 Å². The highest BCUT2D eigenvalue weighted by molar-refractivity contribution is 5.49. The van der Waals surface area contributed by atoms with E-state index in [1.54, 1.807) is 7.11 Å². The van der Waals surface area contributed by atoms with E-state index in [1.807, 2.05) is 0 Å². The molecule has 1 heteroatoms. The molecule has 0 fully saturated rings. The number of allylic oxidation sites excluding steroid dienone is 1. The van der Waals surface area contributed by atoms with E-state index < -0.39 is 0 Å². The summed E-state index contributed by atoms with van der Waals surface area (Å²) in [5.74, 6) is 0. The van der Waals surface area contributed by atoms with Crippen molar-refractivity contribution in [3.8, 4) is 0 Å². The Bertz CT molecular complexity index is 328. The molecule has 0 radical (unpaired) electrons. The number of rotatable bonds is 6. The first-order valence-electron chi connectivity index (χ1n) is 5.98. The predicted molar refractivity (Wildman–Crippen MR) is 70.5 cm³/mol. The molecule has 0 aliphatic carbocycles. The third-order valence-corrected chi connectivity index (χ3v) is 2.74. The molecule has 0 N–H and O–H groups in total. The third-order valence-electron chi connectivity index (χ3n) is 2.74. The monoisotopic (exact) mass is 218 g/mol. The molecule has 0 saturated heterocycles. The minimum absolute atomic E-state index is 0.382. The molecule has 0 heterocycles. The molecule has 0 spiro atoms. The van der Waals surface area contributed by atoms with E-state index >= 15 is 0 Å². The molecule has 1 rings (SSSR count). The van der Waals surface area contributed by atoms with E-state index in [0.717, 1.165) is 12.8 Å². The Labute approximate surface area is 99.1 Å². The van der Waals surface area contributed by atoms with Crippen LogP contribution in [0.25, 0.3) is 6.08 Å². The average molecular weight is 218 g/mol. The van der Waals surface area contributed by atoms with Gasteiger partial charge < -0.3 is 4.74 Å².